The van der Waals surface area contributed by atoms with E-state index < -0.39 is 0 Å². The highest BCUT2D eigenvalue weighted by molar-refractivity contribution is 7.10. The van der Waals surface area contributed by atoms with Crippen molar-refractivity contribution in [3.63, 3.8) is 0 Å². The minimum Gasteiger partial charge on any atom is -0.454 e. The van der Waals surface area contributed by atoms with E-state index in [2.05, 4.69) is 24.4 Å². The topological polar surface area (TPSA) is 59.9 Å². The van der Waals surface area contributed by atoms with Crippen molar-refractivity contribution in [3.8, 4) is 11.5 Å². The van der Waals surface area contributed by atoms with Crippen molar-refractivity contribution in [3.05, 3.63) is 44.6 Å². The van der Waals surface area contributed by atoms with Gasteiger partial charge in [-0.3, -0.25) is 4.79 Å². The molecule has 1 amide bonds. The third kappa shape index (κ3) is 3.48. The summed E-state index contributed by atoms with van der Waals surface area (Å²) < 4.78 is 10.5. The van der Waals surface area contributed by atoms with Crippen LogP contribution in [0.5, 0.6) is 11.5 Å². The monoisotopic (exact) mass is 350 g/mol. The Kier molecular flexibility index (Phi) is 4.54. The first-order chi connectivity index (χ1) is 11.0. The summed E-state index contributed by atoms with van der Waals surface area (Å²) in [5.74, 6) is 1.37. The predicted octanol–water partition coefficient (Wildman–Crippen LogP) is 4.02. The lowest BCUT2D eigenvalue weighted by molar-refractivity contribution is 0.0955. The number of nitrogens with zero attached hydrogens (tertiary/aromatic N) is 1. The number of hydrogen-bond acceptors (Lipinski definition) is 5. The van der Waals surface area contributed by atoms with E-state index in [1.54, 1.807) is 23.5 Å². The molecule has 1 aromatic carbocycles. The number of hydrogen-bond donors (Lipinski definition) is 1. The van der Waals surface area contributed by atoms with Gasteiger partial charge in [0.1, 0.15) is 0 Å². The third-order valence-corrected chi connectivity index (χ3v) is 4.87. The first-order valence-corrected chi connectivity index (χ1v) is 8.31. The lowest BCUT2D eigenvalue weighted by Gasteiger charge is -2.01. The minimum atomic E-state index is -0.249. The summed E-state index contributed by atoms with van der Waals surface area (Å²) in [5.41, 5.74) is 3.75. The van der Waals surface area contributed by atoms with E-state index in [1.807, 2.05) is 11.4 Å². The van der Waals surface area contributed by atoms with Gasteiger partial charge in [0.2, 0.25) is 6.79 Å². The summed E-state index contributed by atoms with van der Waals surface area (Å²) in [4.78, 5) is 13.2. The predicted molar refractivity (Wildman–Crippen MR) is 91.0 cm³/mol. The molecular weight excluding hydrogens is 336 g/mol. The van der Waals surface area contributed by atoms with Gasteiger partial charge >= 0.3 is 0 Å². The van der Waals surface area contributed by atoms with Gasteiger partial charge in [-0.05, 0) is 18.1 Å². The average Bonchev–Trinajstić information content (AvgIpc) is 3.15. The second kappa shape index (κ2) is 6.60. The van der Waals surface area contributed by atoms with Crippen LogP contribution in [0, 0.1) is 0 Å². The number of amides is 1. The van der Waals surface area contributed by atoms with Crippen molar-refractivity contribution in [2.24, 2.45) is 5.10 Å². The molecule has 1 aliphatic heterocycles. The Morgan fingerprint density at radius 3 is 2.78 bits per heavy atom. The molecule has 5 nitrogen and oxygen atoms in total. The van der Waals surface area contributed by atoms with E-state index in [-0.39, 0.29) is 12.7 Å². The smallest absolute Gasteiger partial charge is 0.272 e. The molecule has 0 saturated carbocycles. The summed E-state index contributed by atoms with van der Waals surface area (Å²) in [7, 11) is 0. The fraction of sp³-hybridized carbons (Fsp3) is 0.250. The molecule has 0 atom stereocenters. The molecule has 0 spiro atoms. The Bertz CT molecular complexity index is 771. The highest BCUT2D eigenvalue weighted by Gasteiger charge is 2.16. The number of fused-ring (bicyclic) bond motifs is 1. The molecule has 0 aliphatic carbocycles. The van der Waals surface area contributed by atoms with Crippen LogP contribution in [0.4, 0.5) is 0 Å². The van der Waals surface area contributed by atoms with Gasteiger partial charge in [0.05, 0.1) is 16.8 Å². The summed E-state index contributed by atoms with van der Waals surface area (Å²) in [6.07, 6.45) is 1.48. The first-order valence-electron chi connectivity index (χ1n) is 7.05. The molecule has 1 N–H and O–H groups in total. The van der Waals surface area contributed by atoms with Crippen LogP contribution in [-0.4, -0.2) is 18.9 Å². The van der Waals surface area contributed by atoms with Crippen LogP contribution in [0.3, 0.4) is 0 Å². The van der Waals surface area contributed by atoms with E-state index in [0.29, 0.717) is 33.6 Å². The third-order valence-electron chi connectivity index (χ3n) is 3.31. The van der Waals surface area contributed by atoms with E-state index in [9.17, 15) is 4.79 Å². The van der Waals surface area contributed by atoms with Gasteiger partial charge in [-0.15, -0.1) is 11.3 Å². The second-order valence-electron chi connectivity index (χ2n) is 5.32. The zero-order valence-corrected chi connectivity index (χ0v) is 14.2. The number of thiophene rings is 1. The SMILES string of the molecule is CC(C)c1cc(C(=O)NN=Cc2cc3c(cc2Cl)OCO3)cs1. The highest BCUT2D eigenvalue weighted by atomic mass is 35.5. The molecule has 2 aromatic rings. The Hall–Kier alpha value is -2.05. The molecule has 2 heterocycles. The Morgan fingerprint density at radius 2 is 2.09 bits per heavy atom. The summed E-state index contributed by atoms with van der Waals surface area (Å²) >= 11 is 7.71. The first kappa shape index (κ1) is 15.8. The van der Waals surface area contributed by atoms with E-state index in [1.165, 1.54) is 6.21 Å². The molecule has 23 heavy (non-hydrogen) atoms. The van der Waals surface area contributed by atoms with Crippen molar-refractivity contribution in [2.75, 3.05) is 6.79 Å². The van der Waals surface area contributed by atoms with Gasteiger partial charge in [-0.1, -0.05) is 25.4 Å². The van der Waals surface area contributed by atoms with Crippen LogP contribution in [0.15, 0.2) is 28.7 Å². The number of hydrazone groups is 1. The number of carbonyl (C=O) groups excluding carboxylic acids is 1. The van der Waals surface area contributed by atoms with Gasteiger partial charge in [0.15, 0.2) is 11.5 Å². The largest absolute Gasteiger partial charge is 0.454 e. The van der Waals surface area contributed by atoms with Gasteiger partial charge < -0.3 is 9.47 Å². The molecule has 0 bridgehead atoms. The van der Waals surface area contributed by atoms with Crippen LogP contribution in [0.25, 0.3) is 0 Å². The Morgan fingerprint density at radius 1 is 1.35 bits per heavy atom. The lowest BCUT2D eigenvalue weighted by Crippen LogP contribution is -2.16. The number of benzene rings is 1. The number of rotatable bonds is 4. The van der Waals surface area contributed by atoms with Crippen LogP contribution >= 0.6 is 22.9 Å². The number of halogens is 1. The molecule has 120 valence electrons. The van der Waals surface area contributed by atoms with Crippen molar-refractivity contribution >= 4 is 35.1 Å². The average molecular weight is 351 g/mol. The molecule has 3 rings (SSSR count). The van der Waals surface area contributed by atoms with Crippen molar-refractivity contribution < 1.29 is 14.3 Å². The molecule has 0 saturated heterocycles. The molecular formula is C16H15ClN2O3S. The number of nitrogens with one attached hydrogen (secondary N) is 1. The molecule has 1 aromatic heterocycles. The zero-order valence-electron chi connectivity index (χ0n) is 12.6. The molecule has 0 unspecified atom stereocenters. The molecule has 0 fully saturated rings. The fourth-order valence-corrected chi connectivity index (χ4v) is 3.14. The van der Waals surface area contributed by atoms with Gasteiger partial charge in [0, 0.05) is 21.9 Å². The summed E-state index contributed by atoms with van der Waals surface area (Å²) in [5, 5.41) is 6.26. The minimum absolute atomic E-state index is 0.180. The summed E-state index contributed by atoms with van der Waals surface area (Å²) in [6.45, 7) is 4.36. The Labute approximate surface area is 142 Å². The van der Waals surface area contributed by atoms with Crippen LogP contribution < -0.4 is 14.9 Å². The van der Waals surface area contributed by atoms with Gasteiger partial charge in [-0.2, -0.15) is 5.10 Å². The lowest BCUT2D eigenvalue weighted by atomic mass is 10.1. The number of ether oxygens (including phenoxy) is 2. The maximum Gasteiger partial charge on any atom is 0.272 e. The van der Waals surface area contributed by atoms with E-state index in [4.69, 9.17) is 21.1 Å². The van der Waals surface area contributed by atoms with Gasteiger partial charge in [-0.25, -0.2) is 5.43 Å². The quantitative estimate of drug-likeness (QED) is 0.669. The van der Waals surface area contributed by atoms with Crippen LogP contribution in [0.1, 0.15) is 40.6 Å². The maximum atomic E-state index is 12.0. The Balaban J connectivity index is 1.67. The molecule has 0 radical (unpaired) electrons. The van der Waals surface area contributed by atoms with Crippen LogP contribution in [-0.2, 0) is 0 Å². The fourth-order valence-electron chi connectivity index (χ4n) is 2.03. The molecule has 7 heteroatoms. The van der Waals surface area contributed by atoms with Crippen LogP contribution in [0.2, 0.25) is 5.02 Å². The van der Waals surface area contributed by atoms with Crippen molar-refractivity contribution in [1.29, 1.82) is 0 Å². The molecule has 1 aliphatic rings. The number of carbonyl (C=O) groups is 1. The van der Waals surface area contributed by atoms with E-state index >= 15 is 0 Å². The maximum absolute atomic E-state index is 12.0. The van der Waals surface area contributed by atoms with Gasteiger partial charge in [0.25, 0.3) is 5.91 Å². The zero-order chi connectivity index (χ0) is 16.4. The van der Waals surface area contributed by atoms with Crippen molar-refractivity contribution in [2.45, 2.75) is 19.8 Å². The standard InChI is InChI=1S/C16H15ClN2O3S/c1-9(2)15-4-11(7-23-15)16(20)19-18-6-10-3-13-14(5-12(10)17)22-8-21-13/h3-7,9H,8H2,1-2H3,(H,19,20). The van der Waals surface area contributed by atoms with Crippen molar-refractivity contribution in [1.82, 2.24) is 5.43 Å². The normalized spacial score (nSPS) is 13.0. The summed E-state index contributed by atoms with van der Waals surface area (Å²) in [6, 6.07) is 5.27. The highest BCUT2D eigenvalue weighted by Crippen LogP contribution is 2.36. The second-order valence-corrected chi connectivity index (χ2v) is 6.67. The van der Waals surface area contributed by atoms with E-state index in [0.717, 1.165) is 4.88 Å².